The summed E-state index contributed by atoms with van der Waals surface area (Å²) in [4.78, 5) is 0. The van der Waals surface area contributed by atoms with E-state index in [1.165, 1.54) is 11.1 Å². The second kappa shape index (κ2) is 6.59. The molecule has 0 fully saturated rings. The SMILES string of the molecule is Cc1ccc(OCCCC(C)(O)CN)c(C(C)(C)C)c1. The quantitative estimate of drug-likeness (QED) is 0.786. The Kier molecular flexibility index (Phi) is 5.60. The van der Waals surface area contributed by atoms with Crippen molar-refractivity contribution in [2.75, 3.05) is 13.2 Å². The summed E-state index contributed by atoms with van der Waals surface area (Å²) in [6.07, 6.45) is 1.45. The van der Waals surface area contributed by atoms with E-state index < -0.39 is 5.60 Å². The Bertz CT molecular complexity index is 433. The first kappa shape index (κ1) is 17.0. The van der Waals surface area contributed by atoms with E-state index in [1.54, 1.807) is 6.92 Å². The lowest BCUT2D eigenvalue weighted by molar-refractivity contribution is 0.0535. The van der Waals surface area contributed by atoms with Crippen molar-refractivity contribution in [2.45, 2.75) is 58.5 Å². The van der Waals surface area contributed by atoms with Gasteiger partial charge in [0.2, 0.25) is 0 Å². The summed E-state index contributed by atoms with van der Waals surface area (Å²) >= 11 is 0. The molecule has 0 amide bonds. The van der Waals surface area contributed by atoms with Gasteiger partial charge >= 0.3 is 0 Å². The van der Waals surface area contributed by atoms with Crippen LogP contribution >= 0.6 is 0 Å². The number of ether oxygens (including phenoxy) is 1. The van der Waals surface area contributed by atoms with Gasteiger partial charge in [0.15, 0.2) is 0 Å². The van der Waals surface area contributed by atoms with Gasteiger partial charge in [-0.25, -0.2) is 0 Å². The predicted octanol–water partition coefficient (Wildman–Crippen LogP) is 3.16. The molecule has 3 nitrogen and oxygen atoms in total. The molecule has 0 aliphatic carbocycles. The lowest BCUT2D eigenvalue weighted by Crippen LogP contribution is -2.34. The second-order valence-electron chi connectivity index (χ2n) is 6.90. The van der Waals surface area contributed by atoms with Crippen molar-refractivity contribution >= 4 is 0 Å². The average Bonchev–Trinajstić information content (AvgIpc) is 2.35. The van der Waals surface area contributed by atoms with Crippen molar-refractivity contribution in [2.24, 2.45) is 5.73 Å². The van der Waals surface area contributed by atoms with Crippen LogP contribution in [0.25, 0.3) is 0 Å². The maximum Gasteiger partial charge on any atom is 0.123 e. The van der Waals surface area contributed by atoms with Crippen LogP contribution in [-0.2, 0) is 5.41 Å². The van der Waals surface area contributed by atoms with Crippen LogP contribution < -0.4 is 10.5 Å². The molecule has 3 heteroatoms. The number of hydrogen-bond donors (Lipinski definition) is 2. The zero-order valence-electron chi connectivity index (χ0n) is 13.5. The molecule has 1 aromatic rings. The minimum absolute atomic E-state index is 0.0596. The molecule has 20 heavy (non-hydrogen) atoms. The minimum atomic E-state index is -0.788. The molecule has 1 atom stereocenters. The van der Waals surface area contributed by atoms with Gasteiger partial charge in [-0.2, -0.15) is 0 Å². The largest absolute Gasteiger partial charge is 0.493 e. The summed E-state index contributed by atoms with van der Waals surface area (Å²) in [7, 11) is 0. The molecule has 0 saturated carbocycles. The fourth-order valence-electron chi connectivity index (χ4n) is 2.09. The molecule has 0 bridgehead atoms. The fraction of sp³-hybridized carbons (Fsp3) is 0.647. The van der Waals surface area contributed by atoms with Gasteiger partial charge in [0.25, 0.3) is 0 Å². The molecule has 1 unspecified atom stereocenters. The molecule has 0 aliphatic heterocycles. The highest BCUT2D eigenvalue weighted by Gasteiger charge is 2.20. The Morgan fingerprint density at radius 1 is 1.20 bits per heavy atom. The van der Waals surface area contributed by atoms with Gasteiger partial charge in [-0.05, 0) is 43.7 Å². The van der Waals surface area contributed by atoms with E-state index in [1.807, 2.05) is 6.07 Å². The van der Waals surface area contributed by atoms with Crippen molar-refractivity contribution in [3.05, 3.63) is 29.3 Å². The molecule has 1 aromatic carbocycles. The van der Waals surface area contributed by atoms with Gasteiger partial charge in [-0.3, -0.25) is 0 Å². The summed E-state index contributed by atoms with van der Waals surface area (Å²) in [5, 5.41) is 9.86. The van der Waals surface area contributed by atoms with E-state index in [9.17, 15) is 5.11 Å². The van der Waals surface area contributed by atoms with E-state index in [-0.39, 0.29) is 12.0 Å². The second-order valence-corrected chi connectivity index (χ2v) is 6.90. The third-order valence-corrected chi connectivity index (χ3v) is 3.50. The Morgan fingerprint density at radius 2 is 1.85 bits per heavy atom. The maximum atomic E-state index is 9.86. The summed E-state index contributed by atoms with van der Waals surface area (Å²) in [6.45, 7) is 11.3. The highest BCUT2D eigenvalue weighted by molar-refractivity contribution is 5.41. The van der Waals surface area contributed by atoms with Crippen LogP contribution in [0.3, 0.4) is 0 Å². The molecule has 0 heterocycles. The van der Waals surface area contributed by atoms with E-state index in [0.29, 0.717) is 13.0 Å². The van der Waals surface area contributed by atoms with Crippen LogP contribution in [0.15, 0.2) is 18.2 Å². The van der Waals surface area contributed by atoms with Crippen LogP contribution in [-0.4, -0.2) is 23.9 Å². The number of rotatable bonds is 6. The molecule has 1 rings (SSSR count). The monoisotopic (exact) mass is 279 g/mol. The lowest BCUT2D eigenvalue weighted by Gasteiger charge is -2.24. The first-order valence-electron chi connectivity index (χ1n) is 7.32. The standard InChI is InChI=1S/C17H29NO2/c1-13-7-8-15(14(11-13)16(2,3)4)20-10-6-9-17(5,19)12-18/h7-8,11,19H,6,9-10,12,18H2,1-5H3. The number of aryl methyl sites for hydroxylation is 1. The Morgan fingerprint density at radius 3 is 2.40 bits per heavy atom. The van der Waals surface area contributed by atoms with Gasteiger partial charge < -0.3 is 15.6 Å². The van der Waals surface area contributed by atoms with E-state index >= 15 is 0 Å². The van der Waals surface area contributed by atoms with Crippen molar-refractivity contribution in [1.29, 1.82) is 0 Å². The van der Waals surface area contributed by atoms with E-state index in [2.05, 4.69) is 39.8 Å². The zero-order chi connectivity index (χ0) is 15.4. The van der Waals surface area contributed by atoms with Crippen molar-refractivity contribution in [3.8, 4) is 5.75 Å². The lowest BCUT2D eigenvalue weighted by atomic mass is 9.85. The van der Waals surface area contributed by atoms with Gasteiger partial charge in [0, 0.05) is 6.54 Å². The number of hydrogen-bond acceptors (Lipinski definition) is 3. The molecule has 0 radical (unpaired) electrons. The van der Waals surface area contributed by atoms with Gasteiger partial charge in [-0.15, -0.1) is 0 Å². The highest BCUT2D eigenvalue weighted by Crippen LogP contribution is 2.32. The summed E-state index contributed by atoms with van der Waals surface area (Å²) in [6, 6.07) is 6.29. The Balaban J connectivity index is 2.65. The van der Waals surface area contributed by atoms with Gasteiger partial charge in [-0.1, -0.05) is 38.5 Å². The average molecular weight is 279 g/mol. The molecule has 0 saturated heterocycles. The number of benzene rings is 1. The molecule has 114 valence electrons. The Labute approximate surface area is 123 Å². The number of aliphatic hydroxyl groups is 1. The first-order valence-corrected chi connectivity index (χ1v) is 7.32. The maximum absolute atomic E-state index is 9.86. The zero-order valence-corrected chi connectivity index (χ0v) is 13.5. The van der Waals surface area contributed by atoms with Crippen molar-refractivity contribution in [1.82, 2.24) is 0 Å². The molecule has 0 spiro atoms. The molecular formula is C17H29NO2. The number of nitrogens with two attached hydrogens (primary N) is 1. The first-order chi connectivity index (χ1) is 9.15. The molecule has 0 aliphatic rings. The van der Waals surface area contributed by atoms with E-state index in [4.69, 9.17) is 10.5 Å². The normalized spacial score (nSPS) is 14.9. The smallest absolute Gasteiger partial charge is 0.123 e. The van der Waals surface area contributed by atoms with Crippen LogP contribution in [0.2, 0.25) is 0 Å². The van der Waals surface area contributed by atoms with Crippen LogP contribution in [0.4, 0.5) is 0 Å². The Hall–Kier alpha value is -1.06. The third kappa shape index (κ3) is 5.14. The fourth-order valence-corrected chi connectivity index (χ4v) is 2.09. The van der Waals surface area contributed by atoms with Crippen molar-refractivity contribution in [3.63, 3.8) is 0 Å². The van der Waals surface area contributed by atoms with E-state index in [0.717, 1.165) is 12.2 Å². The topological polar surface area (TPSA) is 55.5 Å². The van der Waals surface area contributed by atoms with Gasteiger partial charge in [0.05, 0.1) is 12.2 Å². The predicted molar refractivity (Wildman–Crippen MR) is 84.3 cm³/mol. The highest BCUT2D eigenvalue weighted by atomic mass is 16.5. The van der Waals surface area contributed by atoms with Crippen LogP contribution in [0.1, 0.15) is 51.7 Å². The summed E-state index contributed by atoms with van der Waals surface area (Å²) in [5.74, 6) is 0.940. The van der Waals surface area contributed by atoms with Crippen LogP contribution in [0.5, 0.6) is 5.75 Å². The van der Waals surface area contributed by atoms with Crippen molar-refractivity contribution < 1.29 is 9.84 Å². The molecule has 0 aromatic heterocycles. The third-order valence-electron chi connectivity index (χ3n) is 3.50. The van der Waals surface area contributed by atoms with Gasteiger partial charge in [0.1, 0.15) is 5.75 Å². The molecular weight excluding hydrogens is 250 g/mol. The molecule has 3 N–H and O–H groups in total. The minimum Gasteiger partial charge on any atom is -0.493 e. The summed E-state index contributed by atoms with van der Waals surface area (Å²) < 4.78 is 5.91. The summed E-state index contributed by atoms with van der Waals surface area (Å²) in [5.41, 5.74) is 7.25. The van der Waals surface area contributed by atoms with Crippen LogP contribution in [0, 0.1) is 6.92 Å².